The van der Waals surface area contributed by atoms with Crippen molar-refractivity contribution >= 4 is 22.6 Å². The van der Waals surface area contributed by atoms with Crippen LogP contribution >= 0.6 is 12.4 Å². The van der Waals surface area contributed by atoms with Crippen LogP contribution in [0.4, 0.5) is 0 Å². The van der Waals surface area contributed by atoms with Crippen LogP contribution < -0.4 is 5.32 Å². The van der Waals surface area contributed by atoms with Crippen molar-refractivity contribution in [2.24, 2.45) is 5.92 Å². The Bertz CT molecular complexity index is 455. The molecule has 0 bridgehead atoms. The molecule has 1 N–H and O–H groups in total. The molecule has 0 aromatic carbocycles. The van der Waals surface area contributed by atoms with E-state index in [0.29, 0.717) is 26.2 Å². The van der Waals surface area contributed by atoms with Gasteiger partial charge in [-0.1, -0.05) is 12.8 Å². The second-order valence-electron chi connectivity index (χ2n) is 7.23. The topological polar surface area (TPSA) is 55.9 Å². The van der Waals surface area contributed by atoms with Gasteiger partial charge >= 0.3 is 0 Å². The molecule has 6 nitrogen and oxygen atoms in total. The molecule has 0 radical (unpaired) electrons. The van der Waals surface area contributed by atoms with Crippen LogP contribution in [0.5, 0.6) is 0 Å². The maximum absolute atomic E-state index is 12.8. The lowest BCUT2D eigenvalue weighted by Crippen LogP contribution is -2.54. The Balaban J connectivity index is 0.00000208. The fourth-order valence-corrected chi connectivity index (χ4v) is 5.69. The first-order chi connectivity index (χ1) is 11.2. The summed E-state index contributed by atoms with van der Waals surface area (Å²) in [5.74, 6) is 0.734. The molecule has 142 valence electrons. The maximum atomic E-state index is 12.8. The van der Waals surface area contributed by atoms with Crippen LogP contribution in [0.3, 0.4) is 0 Å². The molecule has 0 aliphatic carbocycles. The highest BCUT2D eigenvalue weighted by Crippen LogP contribution is 2.19. The number of nitrogens with one attached hydrogen (secondary N) is 1. The molecule has 3 fully saturated rings. The highest BCUT2D eigenvalue weighted by molar-refractivity contribution is 7.86. The zero-order valence-electron chi connectivity index (χ0n) is 14.7. The lowest BCUT2D eigenvalue weighted by Gasteiger charge is -2.38. The molecule has 1 unspecified atom stereocenters. The van der Waals surface area contributed by atoms with Gasteiger partial charge in [0.2, 0.25) is 0 Å². The van der Waals surface area contributed by atoms with Gasteiger partial charge in [0.25, 0.3) is 10.2 Å². The average molecular weight is 381 g/mol. The lowest BCUT2D eigenvalue weighted by atomic mass is 9.99. The Morgan fingerprint density at radius 1 is 0.833 bits per heavy atom. The molecule has 3 heterocycles. The van der Waals surface area contributed by atoms with Crippen LogP contribution in [0.25, 0.3) is 0 Å². The van der Waals surface area contributed by atoms with Crippen LogP contribution in [0.15, 0.2) is 0 Å². The minimum atomic E-state index is -3.24. The van der Waals surface area contributed by atoms with Crippen molar-refractivity contribution in [1.82, 2.24) is 18.8 Å². The van der Waals surface area contributed by atoms with E-state index in [1.807, 2.05) is 0 Å². The zero-order chi connectivity index (χ0) is 16.1. The first kappa shape index (κ1) is 20.4. The second-order valence-corrected chi connectivity index (χ2v) is 9.16. The van der Waals surface area contributed by atoms with Crippen LogP contribution in [-0.4, -0.2) is 80.8 Å². The third kappa shape index (κ3) is 5.29. The quantitative estimate of drug-likeness (QED) is 0.794. The summed E-state index contributed by atoms with van der Waals surface area (Å²) in [7, 11) is -3.24. The van der Waals surface area contributed by atoms with Crippen molar-refractivity contribution in [3.8, 4) is 0 Å². The summed E-state index contributed by atoms with van der Waals surface area (Å²) in [4.78, 5) is 2.45. The van der Waals surface area contributed by atoms with E-state index in [2.05, 4.69) is 10.2 Å². The smallest absolute Gasteiger partial charge is 0.282 e. The fourth-order valence-electron chi connectivity index (χ4n) is 4.02. The van der Waals surface area contributed by atoms with Gasteiger partial charge in [-0.05, 0) is 44.7 Å². The predicted molar refractivity (Wildman–Crippen MR) is 99.8 cm³/mol. The molecule has 3 aliphatic heterocycles. The van der Waals surface area contributed by atoms with Crippen LogP contribution in [0, 0.1) is 5.92 Å². The van der Waals surface area contributed by atoms with Gasteiger partial charge in [-0.25, -0.2) is 0 Å². The van der Waals surface area contributed by atoms with Crippen molar-refractivity contribution in [1.29, 1.82) is 0 Å². The molecule has 3 saturated heterocycles. The van der Waals surface area contributed by atoms with E-state index in [1.54, 1.807) is 8.61 Å². The van der Waals surface area contributed by atoms with Gasteiger partial charge in [0.1, 0.15) is 0 Å². The second kappa shape index (κ2) is 9.69. The number of rotatable bonds is 4. The van der Waals surface area contributed by atoms with Crippen molar-refractivity contribution in [3.05, 3.63) is 0 Å². The molecule has 1 atom stereocenters. The van der Waals surface area contributed by atoms with E-state index in [0.717, 1.165) is 64.3 Å². The molecule has 3 aliphatic rings. The summed E-state index contributed by atoms with van der Waals surface area (Å²) >= 11 is 0. The number of halogens is 1. The lowest BCUT2D eigenvalue weighted by molar-refractivity contribution is 0.150. The largest absolute Gasteiger partial charge is 0.316 e. The van der Waals surface area contributed by atoms with Gasteiger partial charge in [-0.15, -0.1) is 12.4 Å². The first-order valence-corrected chi connectivity index (χ1v) is 10.7. The van der Waals surface area contributed by atoms with Gasteiger partial charge in [0.15, 0.2) is 0 Å². The van der Waals surface area contributed by atoms with Crippen LogP contribution in [0.1, 0.15) is 38.5 Å². The zero-order valence-corrected chi connectivity index (χ0v) is 16.3. The van der Waals surface area contributed by atoms with Gasteiger partial charge in [-0.3, -0.25) is 0 Å². The summed E-state index contributed by atoms with van der Waals surface area (Å²) in [6.45, 7) is 7.85. The predicted octanol–water partition coefficient (Wildman–Crippen LogP) is 1.15. The summed E-state index contributed by atoms with van der Waals surface area (Å²) in [5, 5.41) is 3.47. The molecule has 24 heavy (non-hydrogen) atoms. The molecule has 0 spiro atoms. The monoisotopic (exact) mass is 380 g/mol. The number of piperazine rings is 1. The first-order valence-electron chi connectivity index (χ1n) is 9.34. The van der Waals surface area contributed by atoms with Gasteiger partial charge in [0, 0.05) is 45.8 Å². The fraction of sp³-hybridized carbons (Fsp3) is 1.00. The molecule has 8 heteroatoms. The highest BCUT2D eigenvalue weighted by Gasteiger charge is 2.32. The van der Waals surface area contributed by atoms with Gasteiger partial charge < -0.3 is 10.2 Å². The summed E-state index contributed by atoms with van der Waals surface area (Å²) in [6.07, 6.45) is 6.92. The van der Waals surface area contributed by atoms with E-state index in [1.165, 1.54) is 12.8 Å². The van der Waals surface area contributed by atoms with E-state index >= 15 is 0 Å². The number of hydrogen-bond donors (Lipinski definition) is 1. The summed E-state index contributed by atoms with van der Waals surface area (Å²) in [6, 6.07) is 0. The average Bonchev–Trinajstić information content (AvgIpc) is 2.86. The third-order valence-electron chi connectivity index (χ3n) is 5.46. The van der Waals surface area contributed by atoms with E-state index in [-0.39, 0.29) is 12.4 Å². The number of hydrogen-bond acceptors (Lipinski definition) is 4. The molecule has 0 aromatic rings. The minimum absolute atomic E-state index is 0. The Morgan fingerprint density at radius 2 is 1.46 bits per heavy atom. The number of nitrogens with zero attached hydrogens (tertiary/aromatic N) is 3. The number of piperidine rings is 1. The van der Waals surface area contributed by atoms with Crippen LogP contribution in [-0.2, 0) is 10.2 Å². The Labute approximate surface area is 153 Å². The van der Waals surface area contributed by atoms with Crippen molar-refractivity contribution in [3.63, 3.8) is 0 Å². The molecule has 0 aromatic heterocycles. The third-order valence-corrected chi connectivity index (χ3v) is 7.50. The molecule has 3 rings (SSSR count). The summed E-state index contributed by atoms with van der Waals surface area (Å²) < 4.78 is 29.1. The molecular weight excluding hydrogens is 348 g/mol. The molecular formula is C16H33ClN4O2S. The van der Waals surface area contributed by atoms with E-state index < -0.39 is 10.2 Å². The normalized spacial score (nSPS) is 28.9. The minimum Gasteiger partial charge on any atom is -0.316 e. The van der Waals surface area contributed by atoms with Crippen molar-refractivity contribution in [2.75, 3.05) is 58.9 Å². The SMILES string of the molecule is Cl.O=S(=O)(N1CCCCCC1)N1CCN(CC2CCCNC2)CC1. The Hall–Kier alpha value is 0.0800. The van der Waals surface area contributed by atoms with Crippen molar-refractivity contribution in [2.45, 2.75) is 38.5 Å². The molecule has 0 saturated carbocycles. The van der Waals surface area contributed by atoms with Crippen molar-refractivity contribution < 1.29 is 8.42 Å². The van der Waals surface area contributed by atoms with Crippen LogP contribution in [0.2, 0.25) is 0 Å². The Morgan fingerprint density at radius 3 is 2.04 bits per heavy atom. The van der Waals surface area contributed by atoms with Gasteiger partial charge in [0.05, 0.1) is 0 Å². The van der Waals surface area contributed by atoms with E-state index in [9.17, 15) is 8.42 Å². The summed E-state index contributed by atoms with van der Waals surface area (Å²) in [5.41, 5.74) is 0. The van der Waals surface area contributed by atoms with E-state index in [4.69, 9.17) is 0 Å². The maximum Gasteiger partial charge on any atom is 0.282 e. The standard InChI is InChI=1S/C16H32N4O2S.ClH/c21-23(22,19-8-3-1-2-4-9-19)20-12-10-18(11-13-20)15-16-6-5-7-17-14-16;/h16-17H,1-15H2;1H. The Kier molecular flexibility index (Phi) is 8.23. The van der Waals surface area contributed by atoms with Gasteiger partial charge in [-0.2, -0.15) is 17.0 Å². The molecule has 0 amide bonds. The highest BCUT2D eigenvalue weighted by atomic mass is 35.5.